The van der Waals surface area contributed by atoms with Gasteiger partial charge in [0.15, 0.2) is 0 Å². The molecule has 0 aliphatic rings. The second kappa shape index (κ2) is 9.61. The van der Waals surface area contributed by atoms with Crippen LogP contribution in [-0.2, 0) is 14.8 Å². The Kier molecular flexibility index (Phi) is 6.91. The first kappa shape index (κ1) is 22.3. The zero-order valence-electron chi connectivity index (χ0n) is 16.6. The van der Waals surface area contributed by atoms with Crippen molar-refractivity contribution in [1.29, 1.82) is 0 Å². The summed E-state index contributed by atoms with van der Waals surface area (Å²) in [6.07, 6.45) is 3.60. The second-order valence-corrected chi connectivity index (χ2v) is 8.36. The lowest BCUT2D eigenvalue weighted by molar-refractivity contribution is -0.139. The fraction of sp³-hybridized carbons (Fsp3) is 0.136. The highest BCUT2D eigenvalue weighted by atomic mass is 32.2. The topological polar surface area (TPSA) is 129 Å². The number of carboxylic acids is 1. The molecule has 0 saturated carbocycles. The summed E-state index contributed by atoms with van der Waals surface area (Å²) in [5.74, 6) is -1.43. The fourth-order valence-electron chi connectivity index (χ4n) is 2.95. The summed E-state index contributed by atoms with van der Waals surface area (Å²) in [6.45, 7) is 0.795. The Morgan fingerprint density at radius 3 is 1.97 bits per heavy atom. The third-order valence-electron chi connectivity index (χ3n) is 4.51. The van der Waals surface area contributed by atoms with Crippen LogP contribution in [0.1, 0.15) is 5.56 Å². The van der Waals surface area contributed by atoms with Crippen molar-refractivity contribution in [2.45, 2.75) is 17.9 Å². The maximum atomic E-state index is 11.8. The maximum Gasteiger partial charge on any atom is 0.324 e. The van der Waals surface area contributed by atoms with E-state index in [0.717, 1.165) is 21.8 Å². The van der Waals surface area contributed by atoms with Gasteiger partial charge in [0.2, 0.25) is 10.0 Å². The summed E-state index contributed by atoms with van der Waals surface area (Å²) in [5.41, 5.74) is 2.46. The van der Waals surface area contributed by atoms with Crippen LogP contribution in [0.2, 0.25) is 0 Å². The van der Waals surface area contributed by atoms with Gasteiger partial charge in [0, 0.05) is 23.2 Å². The molecule has 2 aromatic carbocycles. The number of sulfonamides is 1. The number of hydrogen-bond acceptors (Lipinski definition) is 6. The Hall–Kier alpha value is -3.40. The van der Waals surface area contributed by atoms with Crippen molar-refractivity contribution in [3.05, 3.63) is 78.6 Å². The van der Waals surface area contributed by atoms with Gasteiger partial charge in [-0.15, -0.1) is 0 Å². The summed E-state index contributed by atoms with van der Waals surface area (Å²) in [6, 6.07) is 16.8. The minimum absolute atomic E-state index is 0.000278. The Morgan fingerprint density at radius 1 is 0.935 bits per heavy atom. The summed E-state index contributed by atoms with van der Waals surface area (Å²) < 4.78 is 25.6. The van der Waals surface area contributed by atoms with Crippen LogP contribution in [0.25, 0.3) is 21.8 Å². The molecule has 2 heterocycles. The predicted octanol–water partition coefficient (Wildman–Crippen LogP) is 2.50. The average Bonchev–Trinajstić information content (AvgIpc) is 2.78. The molecule has 0 amide bonds. The summed E-state index contributed by atoms with van der Waals surface area (Å²) in [7, 11) is -3.94. The molecule has 0 bridgehead atoms. The van der Waals surface area contributed by atoms with Crippen molar-refractivity contribution < 1.29 is 23.4 Å². The monoisotopic (exact) mass is 439 g/mol. The van der Waals surface area contributed by atoms with E-state index < -0.39 is 28.6 Å². The molecule has 2 aromatic heterocycles. The highest BCUT2D eigenvalue weighted by Crippen LogP contribution is 2.20. The number of nitrogens with zero attached hydrogens (tertiary/aromatic N) is 2. The number of carbonyl (C=O) groups is 1. The number of rotatable bonds is 5. The molecule has 4 rings (SSSR count). The smallest absolute Gasteiger partial charge is 0.324 e. The normalized spacial score (nSPS) is 12.2. The Balaban J connectivity index is 0.000000178. The van der Waals surface area contributed by atoms with Crippen molar-refractivity contribution >= 4 is 37.8 Å². The predicted molar refractivity (Wildman–Crippen MR) is 117 cm³/mol. The van der Waals surface area contributed by atoms with Gasteiger partial charge in [-0.2, -0.15) is 4.72 Å². The molecule has 0 spiro atoms. The maximum absolute atomic E-state index is 11.8. The van der Waals surface area contributed by atoms with E-state index in [0.29, 0.717) is 5.56 Å². The van der Waals surface area contributed by atoms with Crippen LogP contribution in [0, 0.1) is 6.92 Å². The number of aliphatic hydroxyl groups excluding tert-OH is 1. The van der Waals surface area contributed by atoms with E-state index in [-0.39, 0.29) is 4.90 Å². The number of nitrogens with one attached hydrogen (secondary N) is 1. The minimum atomic E-state index is -3.94. The molecular weight excluding hydrogens is 418 g/mol. The van der Waals surface area contributed by atoms with E-state index in [4.69, 9.17) is 10.2 Å². The molecule has 31 heavy (non-hydrogen) atoms. The lowest BCUT2D eigenvalue weighted by atomic mass is 10.1. The highest BCUT2D eigenvalue weighted by molar-refractivity contribution is 7.89. The molecule has 3 N–H and O–H groups in total. The first-order valence-corrected chi connectivity index (χ1v) is 10.8. The minimum Gasteiger partial charge on any atom is -0.480 e. The molecule has 8 nitrogen and oxygen atoms in total. The van der Waals surface area contributed by atoms with Gasteiger partial charge in [-0.3, -0.25) is 14.8 Å². The molecule has 0 aliphatic carbocycles. The van der Waals surface area contributed by atoms with Crippen molar-refractivity contribution in [1.82, 2.24) is 14.7 Å². The molecule has 4 aromatic rings. The molecular formula is C22H21N3O5S. The van der Waals surface area contributed by atoms with Crippen molar-refractivity contribution in [3.63, 3.8) is 0 Å². The van der Waals surface area contributed by atoms with Crippen LogP contribution in [-0.4, -0.2) is 47.2 Å². The molecule has 160 valence electrons. The van der Waals surface area contributed by atoms with Crippen LogP contribution in [0.4, 0.5) is 0 Å². The lowest BCUT2D eigenvalue weighted by Gasteiger charge is -2.13. The Labute approximate surface area is 179 Å². The molecule has 0 aliphatic heterocycles. The SMILES string of the molecule is Cc1ccccc1S(=O)(=O)NC(CO)C(=O)O.c1cnc2c(c1)ccc1cccnc12. The first-order valence-electron chi connectivity index (χ1n) is 9.33. The van der Waals surface area contributed by atoms with Gasteiger partial charge in [0.05, 0.1) is 22.5 Å². The van der Waals surface area contributed by atoms with Crippen LogP contribution >= 0.6 is 0 Å². The van der Waals surface area contributed by atoms with Crippen LogP contribution in [0.15, 0.2) is 78.0 Å². The quantitative estimate of drug-likeness (QED) is 0.407. The summed E-state index contributed by atoms with van der Waals surface area (Å²) in [5, 5.41) is 19.7. The Bertz CT molecular complexity index is 1270. The van der Waals surface area contributed by atoms with Crippen LogP contribution < -0.4 is 4.72 Å². The van der Waals surface area contributed by atoms with E-state index in [9.17, 15) is 13.2 Å². The zero-order valence-corrected chi connectivity index (χ0v) is 17.5. The lowest BCUT2D eigenvalue weighted by Crippen LogP contribution is -2.43. The van der Waals surface area contributed by atoms with Gasteiger partial charge in [0.1, 0.15) is 6.04 Å². The number of benzene rings is 2. The number of carboxylic acid groups (broad SMARTS) is 1. The average molecular weight is 439 g/mol. The van der Waals surface area contributed by atoms with E-state index in [2.05, 4.69) is 34.2 Å². The van der Waals surface area contributed by atoms with E-state index in [1.165, 1.54) is 12.1 Å². The molecule has 0 fully saturated rings. The van der Waals surface area contributed by atoms with Gasteiger partial charge in [0.25, 0.3) is 0 Å². The highest BCUT2D eigenvalue weighted by Gasteiger charge is 2.25. The molecule has 0 radical (unpaired) electrons. The first-order chi connectivity index (χ1) is 14.8. The number of fused-ring (bicyclic) bond motifs is 3. The van der Waals surface area contributed by atoms with Gasteiger partial charge < -0.3 is 10.2 Å². The van der Waals surface area contributed by atoms with Crippen molar-refractivity contribution in [2.75, 3.05) is 6.61 Å². The third-order valence-corrected chi connectivity index (χ3v) is 6.14. The van der Waals surface area contributed by atoms with Gasteiger partial charge in [-0.25, -0.2) is 8.42 Å². The fourth-order valence-corrected chi connectivity index (χ4v) is 4.38. The number of aliphatic hydroxyl groups is 1. The van der Waals surface area contributed by atoms with Crippen LogP contribution in [0.3, 0.4) is 0 Å². The molecule has 1 atom stereocenters. The third kappa shape index (κ3) is 5.21. The molecule has 9 heteroatoms. The number of aryl methyl sites for hydroxylation is 1. The number of hydrogen-bond donors (Lipinski definition) is 3. The van der Waals surface area contributed by atoms with E-state index in [1.807, 2.05) is 16.9 Å². The van der Waals surface area contributed by atoms with Crippen LogP contribution in [0.5, 0.6) is 0 Å². The molecule has 0 saturated heterocycles. The summed E-state index contributed by atoms with van der Waals surface area (Å²) in [4.78, 5) is 19.3. The van der Waals surface area contributed by atoms with Crippen molar-refractivity contribution in [3.8, 4) is 0 Å². The number of pyridine rings is 2. The van der Waals surface area contributed by atoms with E-state index >= 15 is 0 Å². The van der Waals surface area contributed by atoms with Gasteiger partial charge >= 0.3 is 5.97 Å². The standard InChI is InChI=1S/C12H8N2.C10H13NO5S/c1-3-9-5-6-10-4-2-8-14-12(10)11(9)13-7-1;1-7-4-2-3-5-9(7)17(15,16)11-8(6-12)10(13)14/h1-8H;2-5,8,11-12H,6H2,1H3,(H,13,14). The van der Waals surface area contributed by atoms with Gasteiger partial charge in [-0.05, 0) is 30.7 Å². The number of aliphatic carboxylic acids is 1. The summed E-state index contributed by atoms with van der Waals surface area (Å²) >= 11 is 0. The van der Waals surface area contributed by atoms with Gasteiger partial charge in [-0.1, -0.05) is 42.5 Å². The Morgan fingerprint density at radius 2 is 1.48 bits per heavy atom. The second-order valence-electron chi connectivity index (χ2n) is 6.68. The van der Waals surface area contributed by atoms with E-state index in [1.54, 1.807) is 31.5 Å². The molecule has 1 unspecified atom stereocenters. The van der Waals surface area contributed by atoms with Crippen molar-refractivity contribution in [2.24, 2.45) is 0 Å². The largest absolute Gasteiger partial charge is 0.480 e. The number of aromatic nitrogens is 2. The zero-order chi connectivity index (χ0) is 22.4.